The molecule has 0 saturated heterocycles. The predicted molar refractivity (Wildman–Crippen MR) is 80.6 cm³/mol. The van der Waals surface area contributed by atoms with Gasteiger partial charge in [-0.2, -0.15) is 0 Å². The van der Waals surface area contributed by atoms with Crippen molar-refractivity contribution in [2.24, 2.45) is 0 Å². The quantitative estimate of drug-likeness (QED) is 0.528. The molecule has 96 valence electrons. The molecule has 3 rings (SSSR count). The van der Waals surface area contributed by atoms with Gasteiger partial charge in [-0.05, 0) is 29.2 Å². The van der Waals surface area contributed by atoms with Crippen molar-refractivity contribution in [3.63, 3.8) is 0 Å². The van der Waals surface area contributed by atoms with E-state index in [4.69, 9.17) is 4.74 Å². The first-order valence-corrected chi connectivity index (χ1v) is 6.63. The van der Waals surface area contributed by atoms with Gasteiger partial charge in [-0.3, -0.25) is 0 Å². The van der Waals surface area contributed by atoms with Gasteiger partial charge < -0.3 is 4.74 Å². The van der Waals surface area contributed by atoms with Crippen molar-refractivity contribution in [3.8, 4) is 11.5 Å². The van der Waals surface area contributed by atoms with Crippen molar-refractivity contribution < 1.29 is 4.74 Å². The van der Waals surface area contributed by atoms with Crippen LogP contribution >= 0.6 is 0 Å². The van der Waals surface area contributed by atoms with E-state index in [9.17, 15) is 0 Å². The summed E-state index contributed by atoms with van der Waals surface area (Å²) >= 11 is 0. The predicted octanol–water partition coefficient (Wildman–Crippen LogP) is 5.26. The third-order valence-electron chi connectivity index (χ3n) is 3.46. The molecule has 1 aliphatic heterocycles. The lowest BCUT2D eigenvalue weighted by Gasteiger charge is -2.20. The molecule has 0 saturated carbocycles. The molecule has 1 aliphatic rings. The van der Waals surface area contributed by atoms with E-state index in [1.807, 2.05) is 18.2 Å². The lowest BCUT2D eigenvalue weighted by atomic mass is 9.86. The monoisotopic (exact) mass is 250 g/mol. The van der Waals surface area contributed by atoms with Gasteiger partial charge in [0.2, 0.25) is 0 Å². The molecule has 1 heterocycles. The maximum absolute atomic E-state index is 6.01. The molecule has 1 heteroatoms. The van der Waals surface area contributed by atoms with Crippen molar-refractivity contribution in [3.05, 3.63) is 59.2 Å². The molecular weight excluding hydrogens is 232 g/mol. The lowest BCUT2D eigenvalue weighted by Crippen LogP contribution is -2.11. The normalized spacial score (nSPS) is 13.2. The van der Waals surface area contributed by atoms with E-state index >= 15 is 0 Å². The first kappa shape index (κ1) is 12.0. The van der Waals surface area contributed by atoms with Crippen molar-refractivity contribution in [1.29, 1.82) is 0 Å². The second kappa shape index (κ2) is 4.27. The third kappa shape index (κ3) is 2.28. The van der Waals surface area contributed by atoms with Crippen LogP contribution in [-0.2, 0) is 5.41 Å². The van der Waals surface area contributed by atoms with Gasteiger partial charge in [-0.15, -0.1) is 0 Å². The van der Waals surface area contributed by atoms with Crippen LogP contribution in [0.4, 0.5) is 0 Å². The van der Waals surface area contributed by atoms with Gasteiger partial charge in [-0.25, -0.2) is 0 Å². The molecule has 0 aromatic heterocycles. The maximum Gasteiger partial charge on any atom is 0.134 e. The van der Waals surface area contributed by atoms with Crippen LogP contribution in [-0.4, -0.2) is 0 Å². The Morgan fingerprint density at radius 2 is 1.47 bits per heavy atom. The van der Waals surface area contributed by atoms with Gasteiger partial charge in [0.05, 0.1) is 0 Å². The highest BCUT2D eigenvalue weighted by atomic mass is 16.5. The number of fused-ring (bicyclic) bond motifs is 2. The first-order chi connectivity index (χ1) is 9.04. The number of ether oxygens (including phenoxy) is 1. The Labute approximate surface area is 114 Å². The smallest absolute Gasteiger partial charge is 0.134 e. The molecule has 0 amide bonds. The Bertz CT molecular complexity index is 645. The summed E-state index contributed by atoms with van der Waals surface area (Å²) < 4.78 is 6.01. The van der Waals surface area contributed by atoms with E-state index in [1.54, 1.807) is 0 Å². The van der Waals surface area contributed by atoms with Crippen molar-refractivity contribution in [2.45, 2.75) is 26.2 Å². The van der Waals surface area contributed by atoms with Gasteiger partial charge in [0.15, 0.2) is 0 Å². The topological polar surface area (TPSA) is 9.23 Å². The van der Waals surface area contributed by atoms with Gasteiger partial charge in [0.1, 0.15) is 11.5 Å². The molecule has 2 aromatic rings. The Morgan fingerprint density at radius 1 is 0.789 bits per heavy atom. The maximum atomic E-state index is 6.01. The summed E-state index contributed by atoms with van der Waals surface area (Å²) in [5.41, 5.74) is 3.74. The average Bonchev–Trinajstić information content (AvgIpc) is 2.55. The Balaban J connectivity index is 2.09. The van der Waals surface area contributed by atoms with E-state index in [0.29, 0.717) is 0 Å². The van der Waals surface area contributed by atoms with Gasteiger partial charge in [0.25, 0.3) is 0 Å². The summed E-state index contributed by atoms with van der Waals surface area (Å²) in [7, 11) is 0. The van der Waals surface area contributed by atoms with Crippen LogP contribution in [0.15, 0.2) is 42.5 Å². The summed E-state index contributed by atoms with van der Waals surface area (Å²) in [5, 5.41) is 0. The fraction of sp³-hybridized carbons (Fsp3) is 0.222. The fourth-order valence-corrected chi connectivity index (χ4v) is 2.25. The van der Waals surface area contributed by atoms with E-state index in [2.05, 4.69) is 57.2 Å². The molecule has 0 unspecified atom stereocenters. The zero-order valence-electron chi connectivity index (χ0n) is 11.6. The van der Waals surface area contributed by atoms with Crippen LogP contribution in [0.3, 0.4) is 0 Å². The highest BCUT2D eigenvalue weighted by Gasteiger charge is 2.17. The number of hydrogen-bond donors (Lipinski definition) is 0. The van der Waals surface area contributed by atoms with Crippen LogP contribution in [0.1, 0.15) is 37.5 Å². The first-order valence-electron chi connectivity index (χ1n) is 6.63. The second-order valence-corrected chi connectivity index (χ2v) is 5.98. The molecule has 0 aliphatic carbocycles. The lowest BCUT2D eigenvalue weighted by molar-refractivity contribution is 0.480. The molecule has 0 radical (unpaired) electrons. The number of para-hydroxylation sites is 1. The van der Waals surface area contributed by atoms with Crippen LogP contribution in [0, 0.1) is 0 Å². The van der Waals surface area contributed by atoms with Gasteiger partial charge >= 0.3 is 0 Å². The summed E-state index contributed by atoms with van der Waals surface area (Å²) in [6.07, 6.45) is 4.25. The van der Waals surface area contributed by atoms with Gasteiger partial charge in [-0.1, -0.05) is 57.2 Å². The highest BCUT2D eigenvalue weighted by Crippen LogP contribution is 2.36. The largest absolute Gasteiger partial charge is 0.456 e. The van der Waals surface area contributed by atoms with Crippen molar-refractivity contribution in [1.82, 2.24) is 0 Å². The highest BCUT2D eigenvalue weighted by molar-refractivity contribution is 5.77. The van der Waals surface area contributed by atoms with Crippen LogP contribution in [0.2, 0.25) is 0 Å². The summed E-state index contributed by atoms with van der Waals surface area (Å²) in [6.45, 7) is 6.68. The standard InChI is InChI=1S/C18H18O/c1-18(2,3)15-10-11-17-14(12-15)9-8-13-6-4-5-7-16(13)19-17/h4-12H,1-3H3. The molecule has 0 spiro atoms. The summed E-state index contributed by atoms with van der Waals surface area (Å²) in [4.78, 5) is 0. The van der Waals surface area contributed by atoms with E-state index in [-0.39, 0.29) is 5.41 Å². The van der Waals surface area contributed by atoms with E-state index in [1.165, 1.54) is 5.56 Å². The summed E-state index contributed by atoms with van der Waals surface area (Å²) in [6, 6.07) is 14.6. The Kier molecular flexibility index (Phi) is 2.70. The molecule has 1 nitrogen and oxygen atoms in total. The second-order valence-electron chi connectivity index (χ2n) is 5.98. The molecule has 2 aromatic carbocycles. The Morgan fingerprint density at radius 3 is 2.26 bits per heavy atom. The van der Waals surface area contributed by atoms with Crippen molar-refractivity contribution >= 4 is 12.2 Å². The number of benzene rings is 2. The van der Waals surface area contributed by atoms with Crippen LogP contribution in [0.25, 0.3) is 12.2 Å². The minimum Gasteiger partial charge on any atom is -0.456 e. The van der Waals surface area contributed by atoms with Gasteiger partial charge in [0, 0.05) is 11.1 Å². The summed E-state index contributed by atoms with van der Waals surface area (Å²) in [5.74, 6) is 1.84. The minimum atomic E-state index is 0.155. The molecule has 19 heavy (non-hydrogen) atoms. The molecular formula is C18H18O. The fourth-order valence-electron chi connectivity index (χ4n) is 2.25. The van der Waals surface area contributed by atoms with Crippen LogP contribution in [0.5, 0.6) is 11.5 Å². The molecule has 0 N–H and O–H groups in total. The SMILES string of the molecule is CC(C)(C)c1ccc2c(c1)C=Cc1ccccc1O2. The average molecular weight is 250 g/mol. The van der Waals surface area contributed by atoms with E-state index in [0.717, 1.165) is 22.6 Å². The van der Waals surface area contributed by atoms with E-state index < -0.39 is 0 Å². The zero-order chi connectivity index (χ0) is 13.5. The minimum absolute atomic E-state index is 0.155. The third-order valence-corrected chi connectivity index (χ3v) is 3.46. The van der Waals surface area contributed by atoms with Crippen molar-refractivity contribution in [2.75, 3.05) is 0 Å². The zero-order valence-corrected chi connectivity index (χ0v) is 11.6. The Hall–Kier alpha value is -2.02. The molecule has 0 bridgehead atoms. The number of hydrogen-bond acceptors (Lipinski definition) is 1. The number of rotatable bonds is 0. The van der Waals surface area contributed by atoms with Crippen LogP contribution < -0.4 is 4.74 Å². The molecule has 0 fully saturated rings. The molecule has 0 atom stereocenters.